The molecule has 1 atom stereocenters. The lowest BCUT2D eigenvalue weighted by Crippen LogP contribution is -1.89. The molecule has 0 spiro atoms. The van der Waals surface area contributed by atoms with Gasteiger partial charge in [0.2, 0.25) is 0 Å². The second-order valence-electron chi connectivity index (χ2n) is 3.77. The van der Waals surface area contributed by atoms with E-state index in [-0.39, 0.29) is 0 Å². The first-order valence-corrected chi connectivity index (χ1v) is 6.44. The summed E-state index contributed by atoms with van der Waals surface area (Å²) in [4.78, 5) is 0.682. The Kier molecular flexibility index (Phi) is 10.9. The second-order valence-corrected chi connectivity index (χ2v) is 5.33. The summed E-state index contributed by atoms with van der Waals surface area (Å²) in [6.45, 7) is 2.57. The highest BCUT2D eigenvalue weighted by Gasteiger charge is 1.95. The molecule has 13 heavy (non-hydrogen) atoms. The topological polar surface area (TPSA) is 20.2 Å². The van der Waals surface area contributed by atoms with Gasteiger partial charge >= 0.3 is 0 Å². The molecule has 0 saturated heterocycles. The van der Waals surface area contributed by atoms with Crippen LogP contribution < -0.4 is 0 Å². The molecule has 0 heterocycles. The van der Waals surface area contributed by atoms with Crippen molar-refractivity contribution < 1.29 is 5.11 Å². The SMILES string of the molecule is CC(Br)CCCCCCCCCO. The van der Waals surface area contributed by atoms with Crippen molar-refractivity contribution in [2.24, 2.45) is 0 Å². The molecule has 1 N–H and O–H groups in total. The Bertz CT molecular complexity index is 94.1. The highest BCUT2D eigenvalue weighted by Crippen LogP contribution is 2.12. The van der Waals surface area contributed by atoms with Crippen LogP contribution in [0.25, 0.3) is 0 Å². The summed E-state index contributed by atoms with van der Waals surface area (Å²) in [7, 11) is 0. The van der Waals surface area contributed by atoms with Crippen molar-refractivity contribution in [3.8, 4) is 0 Å². The fourth-order valence-corrected chi connectivity index (χ4v) is 1.75. The minimum atomic E-state index is 0.362. The lowest BCUT2D eigenvalue weighted by molar-refractivity contribution is 0.282. The Morgan fingerprint density at radius 1 is 0.923 bits per heavy atom. The van der Waals surface area contributed by atoms with E-state index >= 15 is 0 Å². The number of aliphatic hydroxyl groups excluding tert-OH is 1. The van der Waals surface area contributed by atoms with Crippen LogP contribution in [-0.4, -0.2) is 16.5 Å². The first kappa shape index (κ1) is 13.4. The Hall–Kier alpha value is 0.440. The van der Waals surface area contributed by atoms with Crippen molar-refractivity contribution in [1.29, 1.82) is 0 Å². The molecule has 1 nitrogen and oxygen atoms in total. The number of rotatable bonds is 9. The molecule has 2 heteroatoms. The normalized spacial score (nSPS) is 13.2. The van der Waals surface area contributed by atoms with Gasteiger partial charge in [0.05, 0.1) is 0 Å². The molecule has 0 amide bonds. The number of hydrogen-bond acceptors (Lipinski definition) is 1. The van der Waals surface area contributed by atoms with Gasteiger partial charge in [0, 0.05) is 11.4 Å². The highest BCUT2D eigenvalue weighted by atomic mass is 79.9. The molecule has 0 aromatic heterocycles. The van der Waals surface area contributed by atoms with Gasteiger partial charge in [-0.05, 0) is 12.8 Å². The predicted octanol–water partition coefficient (Wildman–Crippen LogP) is 3.88. The van der Waals surface area contributed by atoms with Crippen LogP contribution in [-0.2, 0) is 0 Å². The van der Waals surface area contributed by atoms with E-state index in [2.05, 4.69) is 22.9 Å². The van der Waals surface area contributed by atoms with Crippen LogP contribution in [0.15, 0.2) is 0 Å². The molecular weight excluding hydrogens is 228 g/mol. The molecule has 80 valence electrons. The molecule has 0 saturated carbocycles. The number of aliphatic hydroxyl groups is 1. The largest absolute Gasteiger partial charge is 0.396 e. The fraction of sp³-hybridized carbons (Fsp3) is 1.00. The maximum Gasteiger partial charge on any atom is 0.0431 e. The van der Waals surface area contributed by atoms with Crippen molar-refractivity contribution in [3.05, 3.63) is 0 Å². The van der Waals surface area contributed by atoms with Gasteiger partial charge in [0.15, 0.2) is 0 Å². The van der Waals surface area contributed by atoms with Gasteiger partial charge in [-0.2, -0.15) is 0 Å². The molecular formula is C11H23BrO. The summed E-state index contributed by atoms with van der Waals surface area (Å²) >= 11 is 3.55. The number of alkyl halides is 1. The smallest absolute Gasteiger partial charge is 0.0431 e. The van der Waals surface area contributed by atoms with E-state index in [1.807, 2.05) is 0 Å². The lowest BCUT2D eigenvalue weighted by Gasteiger charge is -2.02. The molecule has 0 aliphatic rings. The molecule has 0 rings (SSSR count). The third kappa shape index (κ3) is 12.4. The molecule has 0 bridgehead atoms. The van der Waals surface area contributed by atoms with Gasteiger partial charge in [-0.3, -0.25) is 0 Å². The summed E-state index contributed by atoms with van der Waals surface area (Å²) in [5.74, 6) is 0. The van der Waals surface area contributed by atoms with Crippen molar-refractivity contribution in [1.82, 2.24) is 0 Å². The van der Waals surface area contributed by atoms with Crippen LogP contribution in [0.4, 0.5) is 0 Å². The Morgan fingerprint density at radius 2 is 1.38 bits per heavy atom. The Balaban J connectivity index is 2.84. The van der Waals surface area contributed by atoms with Gasteiger partial charge in [-0.25, -0.2) is 0 Å². The van der Waals surface area contributed by atoms with Gasteiger partial charge in [0.25, 0.3) is 0 Å². The monoisotopic (exact) mass is 250 g/mol. The standard InChI is InChI=1S/C11H23BrO/c1-11(12)9-7-5-3-2-4-6-8-10-13/h11,13H,2-10H2,1H3. The third-order valence-electron chi connectivity index (χ3n) is 2.26. The number of hydrogen-bond donors (Lipinski definition) is 1. The van der Waals surface area contributed by atoms with Gasteiger partial charge in [-0.15, -0.1) is 0 Å². The van der Waals surface area contributed by atoms with Crippen molar-refractivity contribution in [2.45, 2.75) is 63.1 Å². The molecule has 0 radical (unpaired) electrons. The summed E-state index contributed by atoms with van der Waals surface area (Å²) in [6.07, 6.45) is 10.2. The van der Waals surface area contributed by atoms with Gasteiger partial charge in [-0.1, -0.05) is 61.4 Å². The average molecular weight is 251 g/mol. The van der Waals surface area contributed by atoms with E-state index in [1.54, 1.807) is 0 Å². The van der Waals surface area contributed by atoms with E-state index in [9.17, 15) is 0 Å². The lowest BCUT2D eigenvalue weighted by atomic mass is 10.1. The molecule has 1 unspecified atom stereocenters. The second kappa shape index (κ2) is 10.5. The zero-order valence-corrected chi connectivity index (χ0v) is 10.4. The average Bonchev–Trinajstić information content (AvgIpc) is 2.09. The maximum atomic E-state index is 8.56. The minimum absolute atomic E-state index is 0.362. The molecule has 0 aliphatic carbocycles. The minimum Gasteiger partial charge on any atom is -0.396 e. The predicted molar refractivity (Wildman–Crippen MR) is 62.4 cm³/mol. The molecule has 0 aromatic carbocycles. The van der Waals surface area contributed by atoms with Crippen LogP contribution in [0.3, 0.4) is 0 Å². The summed E-state index contributed by atoms with van der Waals surface area (Å²) in [5.41, 5.74) is 0. The number of unbranched alkanes of at least 4 members (excludes halogenated alkanes) is 6. The first-order chi connectivity index (χ1) is 6.27. The van der Waals surface area contributed by atoms with Gasteiger partial charge < -0.3 is 5.11 Å². The van der Waals surface area contributed by atoms with Crippen molar-refractivity contribution in [3.63, 3.8) is 0 Å². The molecule has 0 fully saturated rings. The van der Waals surface area contributed by atoms with E-state index in [0.717, 1.165) is 6.42 Å². The summed E-state index contributed by atoms with van der Waals surface area (Å²) in [6, 6.07) is 0. The van der Waals surface area contributed by atoms with Crippen LogP contribution >= 0.6 is 15.9 Å². The Labute approximate surface area is 91.1 Å². The highest BCUT2D eigenvalue weighted by molar-refractivity contribution is 9.09. The number of halogens is 1. The Morgan fingerprint density at radius 3 is 1.85 bits per heavy atom. The van der Waals surface area contributed by atoms with E-state index in [4.69, 9.17) is 5.11 Å². The van der Waals surface area contributed by atoms with Crippen molar-refractivity contribution in [2.75, 3.05) is 6.61 Å². The molecule has 0 aromatic rings. The van der Waals surface area contributed by atoms with Crippen LogP contribution in [0.1, 0.15) is 58.3 Å². The van der Waals surface area contributed by atoms with E-state index in [0.29, 0.717) is 11.4 Å². The van der Waals surface area contributed by atoms with E-state index < -0.39 is 0 Å². The molecule has 0 aliphatic heterocycles. The fourth-order valence-electron chi connectivity index (χ4n) is 1.42. The maximum absolute atomic E-state index is 8.56. The van der Waals surface area contributed by atoms with Crippen LogP contribution in [0.5, 0.6) is 0 Å². The van der Waals surface area contributed by atoms with Crippen molar-refractivity contribution >= 4 is 15.9 Å². The zero-order chi connectivity index (χ0) is 9.94. The van der Waals surface area contributed by atoms with Crippen LogP contribution in [0.2, 0.25) is 0 Å². The zero-order valence-electron chi connectivity index (χ0n) is 8.77. The quantitative estimate of drug-likeness (QED) is 0.487. The first-order valence-electron chi connectivity index (χ1n) is 5.52. The van der Waals surface area contributed by atoms with Crippen LogP contribution in [0, 0.1) is 0 Å². The van der Waals surface area contributed by atoms with Gasteiger partial charge in [0.1, 0.15) is 0 Å². The summed E-state index contributed by atoms with van der Waals surface area (Å²) < 4.78 is 0. The third-order valence-corrected chi connectivity index (χ3v) is 2.72. The summed E-state index contributed by atoms with van der Waals surface area (Å²) in [5, 5.41) is 8.56. The van der Waals surface area contributed by atoms with E-state index in [1.165, 1.54) is 44.9 Å².